The van der Waals surface area contributed by atoms with Crippen molar-refractivity contribution < 1.29 is 9.53 Å². The van der Waals surface area contributed by atoms with E-state index in [9.17, 15) is 4.79 Å². The zero-order valence-electron chi connectivity index (χ0n) is 13.5. The number of carbonyl (C=O) groups excluding carboxylic acids is 1. The molecule has 4 rings (SSSR count). The highest BCUT2D eigenvalue weighted by Crippen LogP contribution is 2.41. The number of nitrogens with one attached hydrogen (secondary N) is 1. The molecule has 0 unspecified atom stereocenters. The molecule has 1 saturated carbocycles. The highest BCUT2D eigenvalue weighted by Gasteiger charge is 2.50. The molecular formula is C18H25N3O2. The van der Waals surface area contributed by atoms with E-state index in [1.165, 1.54) is 18.4 Å². The fourth-order valence-electron chi connectivity index (χ4n) is 3.99. The number of nitrogens with zero attached hydrogens (tertiary/aromatic N) is 2. The third-order valence-corrected chi connectivity index (χ3v) is 5.56. The quantitative estimate of drug-likeness (QED) is 0.863. The molecule has 1 aromatic rings. The molecule has 23 heavy (non-hydrogen) atoms. The maximum absolute atomic E-state index is 12.0. The molecule has 2 atom stereocenters. The standard InChI is InChI=1S/C18H25N3O2/c22-17(7-14-1-2-14)20-11-18-12-21(9-16(18)10-23-13-18)8-15-3-5-19-6-4-15/h3-6,14,16H,1-2,7-13H2,(H,20,22)/t16-,18+/m1/s1. The van der Waals surface area contributed by atoms with E-state index in [1.54, 1.807) is 0 Å². The Morgan fingerprint density at radius 3 is 3.00 bits per heavy atom. The number of rotatable bonds is 6. The largest absolute Gasteiger partial charge is 0.380 e. The van der Waals surface area contributed by atoms with Crippen molar-refractivity contribution in [3.63, 3.8) is 0 Å². The van der Waals surface area contributed by atoms with E-state index in [-0.39, 0.29) is 11.3 Å². The summed E-state index contributed by atoms with van der Waals surface area (Å²) >= 11 is 0. The molecule has 1 aromatic heterocycles. The molecule has 2 aliphatic heterocycles. The minimum Gasteiger partial charge on any atom is -0.380 e. The number of hydrogen-bond donors (Lipinski definition) is 1. The summed E-state index contributed by atoms with van der Waals surface area (Å²) in [6.45, 7) is 5.37. The van der Waals surface area contributed by atoms with Crippen LogP contribution in [0.1, 0.15) is 24.8 Å². The predicted molar refractivity (Wildman–Crippen MR) is 86.6 cm³/mol. The fourth-order valence-corrected chi connectivity index (χ4v) is 3.99. The minimum atomic E-state index is 0.103. The monoisotopic (exact) mass is 315 g/mol. The lowest BCUT2D eigenvalue weighted by Gasteiger charge is -2.27. The first-order valence-electron chi connectivity index (χ1n) is 8.69. The van der Waals surface area contributed by atoms with Gasteiger partial charge in [-0.25, -0.2) is 0 Å². The van der Waals surface area contributed by atoms with Gasteiger partial charge in [0, 0.05) is 56.3 Å². The van der Waals surface area contributed by atoms with Crippen LogP contribution in [0.3, 0.4) is 0 Å². The second-order valence-corrected chi connectivity index (χ2v) is 7.52. The Hall–Kier alpha value is -1.46. The normalized spacial score (nSPS) is 30.3. The van der Waals surface area contributed by atoms with Gasteiger partial charge in [0.05, 0.1) is 13.2 Å². The molecule has 3 heterocycles. The molecule has 0 aromatic carbocycles. The number of carbonyl (C=O) groups is 1. The molecule has 1 N–H and O–H groups in total. The Morgan fingerprint density at radius 1 is 1.39 bits per heavy atom. The van der Waals surface area contributed by atoms with Crippen molar-refractivity contribution in [2.45, 2.75) is 25.8 Å². The number of hydrogen-bond acceptors (Lipinski definition) is 4. The van der Waals surface area contributed by atoms with E-state index in [0.717, 1.165) is 39.4 Å². The van der Waals surface area contributed by atoms with Crippen LogP contribution >= 0.6 is 0 Å². The summed E-state index contributed by atoms with van der Waals surface area (Å²) in [6, 6.07) is 4.16. The summed E-state index contributed by atoms with van der Waals surface area (Å²) in [7, 11) is 0. The first-order valence-corrected chi connectivity index (χ1v) is 8.69. The molecule has 1 aliphatic carbocycles. The number of likely N-dealkylation sites (tertiary alicyclic amines) is 1. The molecule has 124 valence electrons. The van der Waals surface area contributed by atoms with E-state index >= 15 is 0 Å². The zero-order chi connectivity index (χ0) is 15.7. The molecule has 5 heteroatoms. The van der Waals surface area contributed by atoms with Gasteiger partial charge in [0.15, 0.2) is 0 Å². The lowest BCUT2D eigenvalue weighted by atomic mass is 9.81. The number of pyridine rings is 1. The van der Waals surface area contributed by atoms with Crippen molar-refractivity contribution in [3.8, 4) is 0 Å². The summed E-state index contributed by atoms with van der Waals surface area (Å²) in [5.74, 6) is 1.40. The highest BCUT2D eigenvalue weighted by atomic mass is 16.5. The van der Waals surface area contributed by atoms with E-state index < -0.39 is 0 Å². The van der Waals surface area contributed by atoms with E-state index in [2.05, 4.69) is 27.3 Å². The molecule has 5 nitrogen and oxygen atoms in total. The van der Waals surface area contributed by atoms with Crippen LogP contribution in [-0.4, -0.2) is 48.6 Å². The Kier molecular flexibility index (Phi) is 4.07. The molecule has 1 amide bonds. The first kappa shape index (κ1) is 15.1. The third-order valence-electron chi connectivity index (χ3n) is 5.56. The van der Waals surface area contributed by atoms with Gasteiger partial charge in [-0.1, -0.05) is 0 Å². The highest BCUT2D eigenvalue weighted by molar-refractivity contribution is 5.76. The zero-order valence-corrected chi connectivity index (χ0v) is 13.5. The van der Waals surface area contributed by atoms with Crippen LogP contribution in [0, 0.1) is 17.3 Å². The van der Waals surface area contributed by atoms with Crippen LogP contribution in [-0.2, 0) is 16.1 Å². The van der Waals surface area contributed by atoms with Crippen molar-refractivity contribution in [1.29, 1.82) is 0 Å². The molecule has 0 radical (unpaired) electrons. The Morgan fingerprint density at radius 2 is 2.22 bits per heavy atom. The first-order chi connectivity index (χ1) is 11.2. The van der Waals surface area contributed by atoms with Gasteiger partial charge in [-0.15, -0.1) is 0 Å². The smallest absolute Gasteiger partial charge is 0.220 e. The second kappa shape index (κ2) is 6.21. The lowest BCUT2D eigenvalue weighted by molar-refractivity contribution is -0.122. The van der Waals surface area contributed by atoms with Crippen molar-refractivity contribution >= 4 is 5.91 Å². The number of ether oxygens (including phenoxy) is 1. The van der Waals surface area contributed by atoms with Gasteiger partial charge in [0.25, 0.3) is 0 Å². The van der Waals surface area contributed by atoms with Gasteiger partial charge >= 0.3 is 0 Å². The summed E-state index contributed by atoms with van der Waals surface area (Å²) in [6.07, 6.45) is 6.86. The van der Waals surface area contributed by atoms with Crippen LogP contribution in [0.5, 0.6) is 0 Å². The third kappa shape index (κ3) is 3.40. The van der Waals surface area contributed by atoms with Crippen LogP contribution in [0.2, 0.25) is 0 Å². The number of amides is 1. The lowest BCUT2D eigenvalue weighted by Crippen LogP contribution is -2.43. The van der Waals surface area contributed by atoms with Crippen LogP contribution < -0.4 is 5.32 Å². The predicted octanol–water partition coefficient (Wildman–Crippen LogP) is 1.45. The minimum absolute atomic E-state index is 0.103. The van der Waals surface area contributed by atoms with Gasteiger partial charge in [-0.3, -0.25) is 14.7 Å². The maximum Gasteiger partial charge on any atom is 0.220 e. The van der Waals surface area contributed by atoms with Crippen LogP contribution in [0.15, 0.2) is 24.5 Å². The topological polar surface area (TPSA) is 54.5 Å². The molecule has 3 fully saturated rings. The van der Waals surface area contributed by atoms with E-state index in [0.29, 0.717) is 18.3 Å². The van der Waals surface area contributed by atoms with Crippen LogP contribution in [0.4, 0.5) is 0 Å². The van der Waals surface area contributed by atoms with Crippen molar-refractivity contribution in [1.82, 2.24) is 15.2 Å². The fraction of sp³-hybridized carbons (Fsp3) is 0.667. The van der Waals surface area contributed by atoms with Gasteiger partial charge in [0.2, 0.25) is 5.91 Å². The molecule has 0 bridgehead atoms. The van der Waals surface area contributed by atoms with Gasteiger partial charge in [-0.05, 0) is 36.5 Å². The maximum atomic E-state index is 12.0. The van der Waals surface area contributed by atoms with E-state index in [1.807, 2.05) is 12.4 Å². The summed E-state index contributed by atoms with van der Waals surface area (Å²) in [5, 5.41) is 3.19. The molecular weight excluding hydrogens is 290 g/mol. The summed E-state index contributed by atoms with van der Waals surface area (Å²) < 4.78 is 5.75. The SMILES string of the molecule is O=C(CC1CC1)NC[C@]12COC[C@H]1CN(Cc1ccncc1)C2. The Labute approximate surface area is 137 Å². The molecule has 0 spiro atoms. The second-order valence-electron chi connectivity index (χ2n) is 7.52. The average Bonchev–Trinajstić information content (AvgIpc) is 3.17. The number of aromatic nitrogens is 1. The summed E-state index contributed by atoms with van der Waals surface area (Å²) in [4.78, 5) is 18.6. The van der Waals surface area contributed by atoms with Gasteiger partial charge in [0.1, 0.15) is 0 Å². The van der Waals surface area contributed by atoms with Crippen molar-refractivity contribution in [2.24, 2.45) is 17.3 Å². The molecule has 2 saturated heterocycles. The van der Waals surface area contributed by atoms with Gasteiger partial charge in [-0.2, -0.15) is 0 Å². The van der Waals surface area contributed by atoms with Crippen molar-refractivity contribution in [2.75, 3.05) is 32.8 Å². The van der Waals surface area contributed by atoms with E-state index in [4.69, 9.17) is 4.74 Å². The molecule has 3 aliphatic rings. The average molecular weight is 315 g/mol. The number of fused-ring (bicyclic) bond motifs is 1. The van der Waals surface area contributed by atoms with Crippen LogP contribution in [0.25, 0.3) is 0 Å². The van der Waals surface area contributed by atoms with Gasteiger partial charge < -0.3 is 10.1 Å². The Balaban J connectivity index is 1.35. The summed E-state index contributed by atoms with van der Waals surface area (Å²) in [5.41, 5.74) is 1.40. The Bertz CT molecular complexity index is 561. The van der Waals surface area contributed by atoms with Crippen molar-refractivity contribution in [3.05, 3.63) is 30.1 Å².